The summed E-state index contributed by atoms with van der Waals surface area (Å²) in [6.45, 7) is 3.51. The number of fused-ring (bicyclic) bond motifs is 2. The number of H-pyrrole nitrogens is 1. The molecule has 1 N–H and O–H groups in total. The topological polar surface area (TPSA) is 79.7 Å². The predicted octanol–water partition coefficient (Wildman–Crippen LogP) is 3.30. The van der Waals surface area contributed by atoms with Crippen LogP contribution in [0.3, 0.4) is 0 Å². The summed E-state index contributed by atoms with van der Waals surface area (Å²) in [5.41, 5.74) is 4.29. The maximum absolute atomic E-state index is 13.2. The Bertz CT molecular complexity index is 1110. The third-order valence-electron chi connectivity index (χ3n) is 5.30. The Kier molecular flexibility index (Phi) is 3.67. The maximum Gasteiger partial charge on any atom is 0.254 e. The Hall–Kier alpha value is -3.22. The lowest BCUT2D eigenvalue weighted by atomic mass is 10.1. The number of aromatic nitrogens is 5. The number of nitrogens with zero attached hydrogens (tertiary/aromatic N) is 5. The van der Waals surface area contributed by atoms with Crippen molar-refractivity contribution in [3.05, 3.63) is 53.9 Å². The fourth-order valence-corrected chi connectivity index (χ4v) is 3.93. The van der Waals surface area contributed by atoms with Gasteiger partial charge in [0.25, 0.3) is 5.91 Å². The van der Waals surface area contributed by atoms with Gasteiger partial charge in [0.15, 0.2) is 0 Å². The number of hydrogen-bond donors (Lipinski definition) is 1. The summed E-state index contributed by atoms with van der Waals surface area (Å²) in [6, 6.07) is 13.6. The zero-order valence-electron chi connectivity index (χ0n) is 15.1. The van der Waals surface area contributed by atoms with Crippen LogP contribution in [0.4, 0.5) is 0 Å². The first-order valence-electron chi connectivity index (χ1n) is 9.33. The zero-order valence-corrected chi connectivity index (χ0v) is 15.1. The second-order valence-corrected chi connectivity index (χ2v) is 6.90. The number of carbonyl (C=O) groups excluding carboxylic acids is 1. The average molecular weight is 360 g/mol. The van der Waals surface area contributed by atoms with Gasteiger partial charge in [-0.2, -0.15) is 0 Å². The van der Waals surface area contributed by atoms with Crippen LogP contribution < -0.4 is 0 Å². The van der Waals surface area contributed by atoms with E-state index in [1.54, 1.807) is 0 Å². The summed E-state index contributed by atoms with van der Waals surface area (Å²) in [6.07, 6.45) is 1.89. The Morgan fingerprint density at radius 3 is 2.96 bits per heavy atom. The second kappa shape index (κ2) is 6.19. The van der Waals surface area contributed by atoms with E-state index in [1.165, 1.54) is 0 Å². The first-order valence-corrected chi connectivity index (χ1v) is 9.33. The second-order valence-electron chi connectivity index (χ2n) is 6.90. The Morgan fingerprint density at radius 1 is 1.22 bits per heavy atom. The van der Waals surface area contributed by atoms with Crippen LogP contribution in [0, 0.1) is 0 Å². The van der Waals surface area contributed by atoms with Crippen LogP contribution in [-0.4, -0.2) is 42.3 Å². The van der Waals surface area contributed by atoms with Gasteiger partial charge in [0.05, 0.1) is 22.6 Å². The van der Waals surface area contributed by atoms with Gasteiger partial charge in [0, 0.05) is 18.7 Å². The molecule has 1 fully saturated rings. The van der Waals surface area contributed by atoms with Crippen LogP contribution >= 0.6 is 0 Å². The van der Waals surface area contributed by atoms with E-state index in [4.69, 9.17) is 4.98 Å². The molecule has 3 heterocycles. The summed E-state index contributed by atoms with van der Waals surface area (Å²) in [4.78, 5) is 23.2. The number of nitrogens with one attached hydrogen (secondary N) is 1. The molecule has 136 valence electrons. The monoisotopic (exact) mass is 360 g/mol. The van der Waals surface area contributed by atoms with Crippen molar-refractivity contribution in [2.75, 3.05) is 6.54 Å². The van der Waals surface area contributed by atoms with Gasteiger partial charge in [0.2, 0.25) is 0 Å². The van der Waals surface area contributed by atoms with Gasteiger partial charge < -0.3 is 9.88 Å². The van der Waals surface area contributed by atoms with Crippen LogP contribution in [0.5, 0.6) is 0 Å². The van der Waals surface area contributed by atoms with Crippen molar-refractivity contribution >= 4 is 28.0 Å². The quantitative estimate of drug-likeness (QED) is 0.608. The highest BCUT2D eigenvalue weighted by atomic mass is 16.2. The third kappa shape index (κ3) is 2.58. The molecule has 7 nitrogen and oxygen atoms in total. The molecule has 4 aromatic rings. The molecule has 1 amide bonds. The van der Waals surface area contributed by atoms with E-state index in [0.717, 1.165) is 53.8 Å². The number of para-hydroxylation sites is 2. The highest BCUT2D eigenvalue weighted by Gasteiger charge is 2.32. The highest BCUT2D eigenvalue weighted by Crippen LogP contribution is 2.33. The normalized spacial score (nSPS) is 17.2. The summed E-state index contributed by atoms with van der Waals surface area (Å²) < 4.78 is 1.83. The lowest BCUT2D eigenvalue weighted by Crippen LogP contribution is -2.31. The third-order valence-corrected chi connectivity index (χ3v) is 5.30. The standard InChI is InChI=1S/C20H20N6O/c1-2-26-17-10-9-13(12-16(17)23-24-26)20(27)25-11-5-8-18(25)19-21-14-6-3-4-7-15(14)22-19/h3-4,6-7,9-10,12,18H,2,5,8,11H2,1H3,(H,21,22). The van der Waals surface area contributed by atoms with E-state index >= 15 is 0 Å². The van der Waals surface area contributed by atoms with Gasteiger partial charge in [-0.1, -0.05) is 17.3 Å². The number of rotatable bonds is 3. The van der Waals surface area contributed by atoms with Crippen molar-refractivity contribution < 1.29 is 4.79 Å². The molecule has 0 spiro atoms. The Labute approximate surface area is 156 Å². The van der Waals surface area contributed by atoms with E-state index in [-0.39, 0.29) is 11.9 Å². The largest absolute Gasteiger partial charge is 0.340 e. The van der Waals surface area contributed by atoms with Crippen LogP contribution in [0.25, 0.3) is 22.1 Å². The summed E-state index contributed by atoms with van der Waals surface area (Å²) in [5.74, 6) is 0.881. The van der Waals surface area contributed by atoms with Gasteiger partial charge >= 0.3 is 0 Å². The lowest BCUT2D eigenvalue weighted by molar-refractivity contribution is 0.0730. The van der Waals surface area contributed by atoms with Crippen molar-refractivity contribution in [3.63, 3.8) is 0 Å². The smallest absolute Gasteiger partial charge is 0.254 e. The number of aromatic amines is 1. The highest BCUT2D eigenvalue weighted by molar-refractivity contribution is 5.97. The number of aryl methyl sites for hydroxylation is 1. The fraction of sp³-hybridized carbons (Fsp3) is 0.300. The maximum atomic E-state index is 13.2. The van der Waals surface area contributed by atoms with E-state index in [1.807, 2.05) is 59.0 Å². The number of likely N-dealkylation sites (tertiary alicyclic amines) is 1. The lowest BCUT2D eigenvalue weighted by Gasteiger charge is -2.23. The molecule has 27 heavy (non-hydrogen) atoms. The van der Waals surface area contributed by atoms with E-state index in [0.29, 0.717) is 5.56 Å². The molecule has 2 aromatic carbocycles. The fourth-order valence-electron chi connectivity index (χ4n) is 3.93. The van der Waals surface area contributed by atoms with Crippen LogP contribution in [0.15, 0.2) is 42.5 Å². The number of imidazole rings is 1. The molecule has 0 saturated carbocycles. The van der Waals surface area contributed by atoms with Crippen molar-refractivity contribution in [3.8, 4) is 0 Å². The molecule has 5 rings (SSSR count). The van der Waals surface area contributed by atoms with Crippen molar-refractivity contribution in [1.82, 2.24) is 29.9 Å². The minimum absolute atomic E-state index is 0.0194. The number of hydrogen-bond acceptors (Lipinski definition) is 4. The summed E-state index contributed by atoms with van der Waals surface area (Å²) >= 11 is 0. The summed E-state index contributed by atoms with van der Waals surface area (Å²) in [5, 5.41) is 8.31. The average Bonchev–Trinajstić information content (AvgIpc) is 3.43. The molecule has 0 bridgehead atoms. The zero-order chi connectivity index (χ0) is 18.4. The van der Waals surface area contributed by atoms with E-state index in [2.05, 4.69) is 15.3 Å². The van der Waals surface area contributed by atoms with Gasteiger partial charge in [-0.15, -0.1) is 5.10 Å². The van der Waals surface area contributed by atoms with Crippen molar-refractivity contribution in [1.29, 1.82) is 0 Å². The SMILES string of the molecule is CCn1nnc2cc(C(=O)N3CCCC3c3nc4ccccc4[nH]3)ccc21. The number of amides is 1. The van der Waals surface area contributed by atoms with Crippen molar-refractivity contribution in [2.24, 2.45) is 0 Å². The van der Waals surface area contributed by atoms with Crippen LogP contribution in [0.2, 0.25) is 0 Å². The molecular formula is C20H20N6O. The van der Waals surface area contributed by atoms with Crippen molar-refractivity contribution in [2.45, 2.75) is 32.4 Å². The van der Waals surface area contributed by atoms with Gasteiger partial charge in [-0.25, -0.2) is 9.67 Å². The van der Waals surface area contributed by atoms with Gasteiger partial charge in [0.1, 0.15) is 11.3 Å². The van der Waals surface area contributed by atoms with Gasteiger partial charge in [-0.3, -0.25) is 4.79 Å². The molecule has 1 atom stereocenters. The number of benzene rings is 2. The molecule has 0 aliphatic carbocycles. The molecule has 1 saturated heterocycles. The predicted molar refractivity (Wildman–Crippen MR) is 102 cm³/mol. The van der Waals surface area contributed by atoms with Gasteiger partial charge in [-0.05, 0) is 50.1 Å². The Morgan fingerprint density at radius 2 is 2.11 bits per heavy atom. The molecule has 7 heteroatoms. The molecule has 1 unspecified atom stereocenters. The van der Waals surface area contributed by atoms with E-state index in [9.17, 15) is 4.79 Å². The van der Waals surface area contributed by atoms with Crippen LogP contribution in [0.1, 0.15) is 42.0 Å². The Balaban J connectivity index is 1.48. The first-order chi connectivity index (χ1) is 13.2. The molecule has 2 aromatic heterocycles. The molecule has 1 aliphatic rings. The van der Waals surface area contributed by atoms with Crippen LogP contribution in [-0.2, 0) is 6.54 Å². The molecular weight excluding hydrogens is 340 g/mol. The molecule has 1 aliphatic heterocycles. The number of carbonyl (C=O) groups is 1. The minimum Gasteiger partial charge on any atom is -0.340 e. The first kappa shape index (κ1) is 16.0. The molecule has 0 radical (unpaired) electrons. The minimum atomic E-state index is -0.0214. The summed E-state index contributed by atoms with van der Waals surface area (Å²) in [7, 11) is 0. The van der Waals surface area contributed by atoms with E-state index < -0.39 is 0 Å².